The van der Waals surface area contributed by atoms with E-state index < -0.39 is 20.0 Å². The molecule has 148 valence electrons. The second-order valence-corrected chi connectivity index (χ2v) is 9.96. The van der Waals surface area contributed by atoms with Gasteiger partial charge in [0, 0.05) is 17.3 Å². The quantitative estimate of drug-likeness (QED) is 0.585. The number of methoxy groups -OCH3 is 1. The first-order valence-electron chi connectivity index (χ1n) is 7.91. The van der Waals surface area contributed by atoms with E-state index in [1.54, 1.807) is 18.4 Å². The molecule has 28 heavy (non-hydrogen) atoms. The van der Waals surface area contributed by atoms with Crippen LogP contribution >= 0.6 is 11.3 Å². The molecule has 11 heteroatoms. The molecular weight excluding hydrogens is 422 g/mol. The number of benzene rings is 2. The molecule has 0 unspecified atom stereocenters. The van der Waals surface area contributed by atoms with Gasteiger partial charge in [-0.2, -0.15) is 0 Å². The molecule has 8 nitrogen and oxygen atoms in total. The topological polar surface area (TPSA) is 114 Å². The normalized spacial score (nSPS) is 11.8. The lowest BCUT2D eigenvalue weighted by molar-refractivity contribution is 0.411. The zero-order valence-corrected chi connectivity index (χ0v) is 17.4. The Balaban J connectivity index is 1.79. The number of thiazole rings is 1. The lowest BCUT2D eigenvalue weighted by Gasteiger charge is -2.11. The lowest BCUT2D eigenvalue weighted by Crippen LogP contribution is -2.14. The zero-order chi connectivity index (χ0) is 20.4. The van der Waals surface area contributed by atoms with Gasteiger partial charge in [-0.15, -0.1) is 11.3 Å². The average molecular weight is 440 g/mol. The van der Waals surface area contributed by atoms with Gasteiger partial charge in [-0.1, -0.05) is 0 Å². The van der Waals surface area contributed by atoms with Crippen LogP contribution < -0.4 is 14.2 Å². The summed E-state index contributed by atoms with van der Waals surface area (Å²) in [4.78, 5) is 3.94. The highest BCUT2D eigenvalue weighted by atomic mass is 32.2. The van der Waals surface area contributed by atoms with Gasteiger partial charge in [0.15, 0.2) is 5.13 Å². The highest BCUT2D eigenvalue weighted by molar-refractivity contribution is 7.93. The Morgan fingerprint density at radius 2 is 1.57 bits per heavy atom. The minimum Gasteiger partial charge on any atom is -0.496 e. The molecule has 3 aromatic rings. The SMILES string of the molecule is COc1ccc(S(=O)(=O)Nc2ccc(S(=O)(=O)Nc3nccs3)cc2)cc1C. The van der Waals surface area contributed by atoms with Crippen LogP contribution in [0.1, 0.15) is 5.56 Å². The van der Waals surface area contributed by atoms with Crippen molar-refractivity contribution in [1.29, 1.82) is 0 Å². The smallest absolute Gasteiger partial charge is 0.263 e. The molecular formula is C17H17N3O5S3. The highest BCUT2D eigenvalue weighted by Crippen LogP contribution is 2.24. The summed E-state index contributed by atoms with van der Waals surface area (Å²) in [5, 5.41) is 1.90. The maximum atomic E-state index is 12.6. The maximum absolute atomic E-state index is 12.6. The van der Waals surface area contributed by atoms with Crippen LogP contribution in [-0.2, 0) is 20.0 Å². The molecule has 0 bridgehead atoms. The number of hydrogen-bond acceptors (Lipinski definition) is 7. The third kappa shape index (κ3) is 4.43. The molecule has 2 aromatic carbocycles. The summed E-state index contributed by atoms with van der Waals surface area (Å²) < 4.78 is 59.7. The van der Waals surface area contributed by atoms with Crippen molar-refractivity contribution >= 4 is 42.2 Å². The minimum atomic E-state index is -3.83. The number of nitrogens with zero attached hydrogens (tertiary/aromatic N) is 1. The van der Waals surface area contributed by atoms with E-state index in [-0.39, 0.29) is 20.6 Å². The van der Waals surface area contributed by atoms with E-state index >= 15 is 0 Å². The predicted molar refractivity (Wildman–Crippen MR) is 108 cm³/mol. The van der Waals surface area contributed by atoms with Crippen molar-refractivity contribution in [3.05, 3.63) is 59.6 Å². The Morgan fingerprint density at radius 1 is 0.929 bits per heavy atom. The van der Waals surface area contributed by atoms with E-state index in [1.165, 1.54) is 49.7 Å². The molecule has 0 amide bonds. The third-order valence-electron chi connectivity index (χ3n) is 3.75. The fourth-order valence-corrected chi connectivity index (χ4v) is 5.31. The van der Waals surface area contributed by atoms with E-state index in [2.05, 4.69) is 14.4 Å². The first-order valence-corrected chi connectivity index (χ1v) is 11.8. The second-order valence-electron chi connectivity index (χ2n) is 5.70. The van der Waals surface area contributed by atoms with Crippen LogP contribution in [0.3, 0.4) is 0 Å². The summed E-state index contributed by atoms with van der Waals surface area (Å²) in [7, 11) is -6.12. The summed E-state index contributed by atoms with van der Waals surface area (Å²) in [6.07, 6.45) is 1.49. The summed E-state index contributed by atoms with van der Waals surface area (Å²) >= 11 is 1.15. The molecule has 0 saturated carbocycles. The highest BCUT2D eigenvalue weighted by Gasteiger charge is 2.18. The number of nitrogens with one attached hydrogen (secondary N) is 2. The number of hydrogen-bond donors (Lipinski definition) is 2. The van der Waals surface area contributed by atoms with Gasteiger partial charge >= 0.3 is 0 Å². The van der Waals surface area contributed by atoms with Gasteiger partial charge < -0.3 is 4.74 Å². The molecule has 0 fully saturated rings. The lowest BCUT2D eigenvalue weighted by atomic mass is 10.2. The number of sulfonamides is 2. The van der Waals surface area contributed by atoms with Gasteiger partial charge in [-0.25, -0.2) is 21.8 Å². The Morgan fingerprint density at radius 3 is 2.14 bits per heavy atom. The Hall–Kier alpha value is -2.63. The largest absolute Gasteiger partial charge is 0.496 e. The minimum absolute atomic E-state index is 0.00839. The van der Waals surface area contributed by atoms with Crippen LogP contribution in [0.2, 0.25) is 0 Å². The summed E-state index contributed by atoms with van der Waals surface area (Å²) in [5.41, 5.74) is 0.918. The zero-order valence-electron chi connectivity index (χ0n) is 14.9. The van der Waals surface area contributed by atoms with Crippen LogP contribution in [0, 0.1) is 6.92 Å². The second kappa shape index (κ2) is 7.78. The molecule has 0 aliphatic carbocycles. The van der Waals surface area contributed by atoms with E-state index in [9.17, 15) is 16.8 Å². The summed E-state index contributed by atoms with van der Waals surface area (Å²) in [6, 6.07) is 9.89. The standard InChI is InChI=1S/C17H17N3O5S3/c1-12-11-15(7-8-16(12)25-2)28(23,24)19-13-3-5-14(6-4-13)27(21,22)20-17-18-9-10-26-17/h3-11,19H,1-2H3,(H,18,20). The molecule has 0 aliphatic rings. The van der Waals surface area contributed by atoms with Crippen molar-refractivity contribution in [2.45, 2.75) is 16.7 Å². The van der Waals surface area contributed by atoms with Crippen molar-refractivity contribution in [3.63, 3.8) is 0 Å². The first kappa shape index (κ1) is 20.1. The van der Waals surface area contributed by atoms with Gasteiger partial charge in [0.1, 0.15) is 5.75 Å². The van der Waals surface area contributed by atoms with Gasteiger partial charge in [0.05, 0.1) is 16.9 Å². The van der Waals surface area contributed by atoms with Crippen LogP contribution in [-0.4, -0.2) is 28.9 Å². The number of rotatable bonds is 7. The molecule has 1 heterocycles. The Labute approximate surface area is 167 Å². The molecule has 0 spiro atoms. The number of anilines is 2. The van der Waals surface area contributed by atoms with Gasteiger partial charge in [-0.3, -0.25) is 9.44 Å². The van der Waals surface area contributed by atoms with Crippen molar-refractivity contribution in [2.75, 3.05) is 16.6 Å². The fraction of sp³-hybridized carbons (Fsp3) is 0.118. The van der Waals surface area contributed by atoms with E-state index in [1.807, 2.05) is 0 Å². The van der Waals surface area contributed by atoms with Crippen LogP contribution in [0.5, 0.6) is 5.75 Å². The van der Waals surface area contributed by atoms with E-state index in [0.717, 1.165) is 11.3 Å². The van der Waals surface area contributed by atoms with Crippen molar-refractivity contribution in [2.24, 2.45) is 0 Å². The van der Waals surface area contributed by atoms with E-state index in [4.69, 9.17) is 4.74 Å². The molecule has 0 radical (unpaired) electrons. The van der Waals surface area contributed by atoms with Crippen molar-refractivity contribution in [1.82, 2.24) is 4.98 Å². The number of aryl methyl sites for hydroxylation is 1. The average Bonchev–Trinajstić information content (AvgIpc) is 3.14. The molecule has 1 aromatic heterocycles. The van der Waals surface area contributed by atoms with Crippen LogP contribution in [0.25, 0.3) is 0 Å². The number of ether oxygens (including phenoxy) is 1. The van der Waals surface area contributed by atoms with Crippen molar-refractivity contribution < 1.29 is 21.6 Å². The Bertz CT molecular complexity index is 1170. The third-order valence-corrected chi connectivity index (χ3v) is 7.30. The molecule has 2 N–H and O–H groups in total. The molecule has 3 rings (SSSR count). The van der Waals surface area contributed by atoms with E-state index in [0.29, 0.717) is 11.3 Å². The van der Waals surface area contributed by atoms with Gasteiger partial charge in [0.25, 0.3) is 20.0 Å². The molecule has 0 saturated heterocycles. The number of aromatic nitrogens is 1. The first-order chi connectivity index (χ1) is 13.2. The van der Waals surface area contributed by atoms with Gasteiger partial charge in [-0.05, 0) is 55.0 Å². The Kier molecular flexibility index (Phi) is 5.59. The fourth-order valence-electron chi connectivity index (χ4n) is 2.38. The molecule has 0 atom stereocenters. The van der Waals surface area contributed by atoms with Crippen LogP contribution in [0.4, 0.5) is 10.8 Å². The predicted octanol–water partition coefficient (Wildman–Crippen LogP) is 3.06. The molecule has 0 aliphatic heterocycles. The van der Waals surface area contributed by atoms with Crippen molar-refractivity contribution in [3.8, 4) is 5.75 Å². The monoisotopic (exact) mass is 439 g/mol. The maximum Gasteiger partial charge on any atom is 0.263 e. The van der Waals surface area contributed by atoms with Crippen LogP contribution in [0.15, 0.2) is 63.8 Å². The van der Waals surface area contributed by atoms with Gasteiger partial charge in [0.2, 0.25) is 0 Å². The summed E-state index contributed by atoms with van der Waals surface area (Å²) in [6.45, 7) is 1.74. The summed E-state index contributed by atoms with van der Waals surface area (Å²) in [5.74, 6) is 0.584.